The zero-order chi connectivity index (χ0) is 23.9. The molecular formula is C26H30N6O2S. The average molecular weight is 491 g/mol. The third kappa shape index (κ3) is 6.10. The zero-order valence-electron chi connectivity index (χ0n) is 20.0. The maximum Gasteiger partial charge on any atom is 0.247 e. The molecule has 3 heterocycles. The number of ether oxygens (including phenoxy) is 1. The van der Waals surface area contributed by atoms with Gasteiger partial charge in [0.2, 0.25) is 11.8 Å². The summed E-state index contributed by atoms with van der Waals surface area (Å²) in [5.74, 6) is 3.26. The molecule has 9 heteroatoms. The van der Waals surface area contributed by atoms with Crippen LogP contribution in [0.5, 0.6) is 5.75 Å². The van der Waals surface area contributed by atoms with Crippen LogP contribution in [-0.4, -0.2) is 56.1 Å². The van der Waals surface area contributed by atoms with E-state index in [2.05, 4.69) is 25.3 Å². The average Bonchev–Trinajstić information content (AvgIpc) is 3.53. The van der Waals surface area contributed by atoms with Gasteiger partial charge in [0.1, 0.15) is 5.75 Å². The van der Waals surface area contributed by atoms with Crippen LogP contribution in [0.2, 0.25) is 0 Å². The van der Waals surface area contributed by atoms with Crippen LogP contribution in [0.15, 0.2) is 64.2 Å². The Balaban J connectivity index is 1.11. The van der Waals surface area contributed by atoms with Crippen LogP contribution < -0.4 is 4.74 Å². The first-order valence-electron chi connectivity index (χ1n) is 12.1. The summed E-state index contributed by atoms with van der Waals surface area (Å²) in [6, 6.07) is 17.8. The molecule has 2 aromatic carbocycles. The molecule has 2 aromatic heterocycles. The Labute approximate surface area is 209 Å². The number of piperidine rings is 1. The third-order valence-electron chi connectivity index (χ3n) is 6.10. The second-order valence-electron chi connectivity index (χ2n) is 8.65. The second-order valence-corrected chi connectivity index (χ2v) is 9.59. The molecule has 35 heavy (non-hydrogen) atoms. The SMILES string of the molecule is Cn1c(SCc2nnc(-c3ccc(OCCCN4CCCCC4)cc3)o2)nnc1-c1ccccc1. The Morgan fingerprint density at radius 1 is 0.886 bits per heavy atom. The predicted octanol–water partition coefficient (Wildman–Crippen LogP) is 5.08. The van der Waals surface area contributed by atoms with Crippen molar-refractivity contribution in [3.63, 3.8) is 0 Å². The lowest BCUT2D eigenvalue weighted by Crippen LogP contribution is -2.31. The molecule has 0 bridgehead atoms. The fraction of sp³-hybridized carbons (Fsp3) is 0.385. The molecule has 1 aliphatic rings. The Bertz CT molecular complexity index is 1200. The summed E-state index contributed by atoms with van der Waals surface area (Å²) in [6.07, 6.45) is 5.07. The van der Waals surface area contributed by atoms with Gasteiger partial charge >= 0.3 is 0 Å². The standard InChI is InChI=1S/C26H30N6O2S/c1-31-24(20-9-4-2-5-10-20)28-30-26(31)35-19-23-27-29-25(34-23)21-11-13-22(14-12-21)33-18-8-17-32-15-6-3-7-16-32/h2,4-5,9-14H,3,6-8,15-19H2,1H3. The molecule has 4 aromatic rings. The molecule has 182 valence electrons. The highest BCUT2D eigenvalue weighted by Gasteiger charge is 2.14. The van der Waals surface area contributed by atoms with E-state index in [1.807, 2.05) is 66.2 Å². The normalized spacial score (nSPS) is 14.3. The maximum atomic E-state index is 5.91. The number of hydrogen-bond acceptors (Lipinski definition) is 8. The van der Waals surface area contributed by atoms with E-state index in [1.54, 1.807) is 0 Å². The van der Waals surface area contributed by atoms with E-state index in [0.29, 0.717) is 17.5 Å². The summed E-state index contributed by atoms with van der Waals surface area (Å²) in [4.78, 5) is 2.54. The Hall–Kier alpha value is -3.17. The maximum absolute atomic E-state index is 5.91. The Morgan fingerprint density at radius 2 is 1.69 bits per heavy atom. The van der Waals surface area contributed by atoms with Crippen LogP contribution in [-0.2, 0) is 12.8 Å². The molecule has 0 unspecified atom stereocenters. The van der Waals surface area contributed by atoms with E-state index >= 15 is 0 Å². The van der Waals surface area contributed by atoms with Gasteiger partial charge in [0, 0.05) is 24.7 Å². The van der Waals surface area contributed by atoms with E-state index in [4.69, 9.17) is 9.15 Å². The molecule has 1 fully saturated rings. The Morgan fingerprint density at radius 3 is 2.49 bits per heavy atom. The lowest BCUT2D eigenvalue weighted by Gasteiger charge is -2.26. The smallest absolute Gasteiger partial charge is 0.247 e. The lowest BCUT2D eigenvalue weighted by atomic mass is 10.1. The van der Waals surface area contributed by atoms with Gasteiger partial charge in [-0.15, -0.1) is 20.4 Å². The van der Waals surface area contributed by atoms with Gasteiger partial charge in [0.05, 0.1) is 12.4 Å². The molecule has 0 N–H and O–H groups in total. The largest absolute Gasteiger partial charge is 0.494 e. The first-order chi connectivity index (χ1) is 17.3. The predicted molar refractivity (Wildman–Crippen MR) is 136 cm³/mol. The van der Waals surface area contributed by atoms with Crippen molar-refractivity contribution in [2.24, 2.45) is 7.05 Å². The minimum Gasteiger partial charge on any atom is -0.494 e. The van der Waals surface area contributed by atoms with Gasteiger partial charge in [-0.25, -0.2) is 0 Å². The fourth-order valence-electron chi connectivity index (χ4n) is 4.19. The molecule has 1 aliphatic heterocycles. The third-order valence-corrected chi connectivity index (χ3v) is 7.10. The molecule has 0 radical (unpaired) electrons. The number of likely N-dealkylation sites (tertiary alicyclic amines) is 1. The van der Waals surface area contributed by atoms with Crippen LogP contribution in [0.1, 0.15) is 31.6 Å². The molecular weight excluding hydrogens is 460 g/mol. The number of nitrogens with zero attached hydrogens (tertiary/aromatic N) is 6. The fourth-order valence-corrected chi connectivity index (χ4v) is 4.94. The number of aromatic nitrogens is 5. The van der Waals surface area contributed by atoms with Gasteiger partial charge < -0.3 is 18.6 Å². The van der Waals surface area contributed by atoms with Crippen molar-refractivity contribution in [1.82, 2.24) is 29.9 Å². The van der Waals surface area contributed by atoms with Gasteiger partial charge in [-0.2, -0.15) is 0 Å². The van der Waals surface area contributed by atoms with Crippen LogP contribution in [0, 0.1) is 0 Å². The van der Waals surface area contributed by atoms with Gasteiger partial charge in [0.15, 0.2) is 11.0 Å². The van der Waals surface area contributed by atoms with Gasteiger partial charge in [-0.05, 0) is 56.6 Å². The van der Waals surface area contributed by atoms with Crippen LogP contribution in [0.3, 0.4) is 0 Å². The van der Waals surface area contributed by atoms with Crippen molar-refractivity contribution in [3.05, 3.63) is 60.5 Å². The molecule has 1 saturated heterocycles. The second kappa shape index (κ2) is 11.5. The Kier molecular flexibility index (Phi) is 7.75. The minimum atomic E-state index is 0.500. The molecule has 8 nitrogen and oxygen atoms in total. The van der Waals surface area contributed by atoms with E-state index in [9.17, 15) is 0 Å². The summed E-state index contributed by atoms with van der Waals surface area (Å²) in [7, 11) is 1.96. The summed E-state index contributed by atoms with van der Waals surface area (Å²) >= 11 is 1.52. The van der Waals surface area contributed by atoms with E-state index < -0.39 is 0 Å². The number of hydrogen-bond donors (Lipinski definition) is 0. The van der Waals surface area contributed by atoms with Crippen LogP contribution in [0.4, 0.5) is 0 Å². The van der Waals surface area contributed by atoms with Crippen molar-refractivity contribution >= 4 is 11.8 Å². The highest BCUT2D eigenvalue weighted by Crippen LogP contribution is 2.27. The van der Waals surface area contributed by atoms with E-state index in [-0.39, 0.29) is 0 Å². The molecule has 0 spiro atoms. The van der Waals surface area contributed by atoms with E-state index in [1.165, 1.54) is 44.1 Å². The van der Waals surface area contributed by atoms with Gasteiger partial charge in [-0.1, -0.05) is 48.5 Å². The first kappa shape index (κ1) is 23.6. The topological polar surface area (TPSA) is 82.1 Å². The molecule has 0 atom stereocenters. The molecule has 0 saturated carbocycles. The summed E-state index contributed by atoms with van der Waals surface area (Å²) in [5, 5.41) is 17.8. The van der Waals surface area contributed by atoms with Crippen molar-refractivity contribution in [3.8, 4) is 28.6 Å². The van der Waals surface area contributed by atoms with Gasteiger partial charge in [0.25, 0.3) is 0 Å². The highest BCUT2D eigenvalue weighted by molar-refractivity contribution is 7.98. The molecule has 0 amide bonds. The number of benzene rings is 2. The first-order valence-corrected chi connectivity index (χ1v) is 13.1. The number of rotatable bonds is 10. The summed E-state index contributed by atoms with van der Waals surface area (Å²) < 4.78 is 13.8. The summed E-state index contributed by atoms with van der Waals surface area (Å²) in [6.45, 7) is 4.30. The van der Waals surface area contributed by atoms with Crippen LogP contribution in [0.25, 0.3) is 22.8 Å². The zero-order valence-corrected chi connectivity index (χ0v) is 20.8. The summed E-state index contributed by atoms with van der Waals surface area (Å²) in [5.41, 5.74) is 1.91. The van der Waals surface area contributed by atoms with Crippen molar-refractivity contribution in [2.45, 2.75) is 36.6 Å². The van der Waals surface area contributed by atoms with Crippen molar-refractivity contribution in [2.75, 3.05) is 26.2 Å². The highest BCUT2D eigenvalue weighted by atomic mass is 32.2. The number of thioether (sulfide) groups is 1. The minimum absolute atomic E-state index is 0.500. The van der Waals surface area contributed by atoms with E-state index in [0.717, 1.165) is 47.4 Å². The lowest BCUT2D eigenvalue weighted by molar-refractivity contribution is 0.205. The van der Waals surface area contributed by atoms with Crippen LogP contribution >= 0.6 is 11.8 Å². The van der Waals surface area contributed by atoms with Crippen molar-refractivity contribution < 1.29 is 9.15 Å². The van der Waals surface area contributed by atoms with Gasteiger partial charge in [-0.3, -0.25) is 0 Å². The van der Waals surface area contributed by atoms with Crippen molar-refractivity contribution in [1.29, 1.82) is 0 Å². The monoisotopic (exact) mass is 490 g/mol. The molecule has 0 aliphatic carbocycles. The molecule has 5 rings (SSSR count). The quantitative estimate of drug-likeness (QED) is 0.225.